The lowest BCUT2D eigenvalue weighted by atomic mass is 9.83. The second-order valence-electron chi connectivity index (χ2n) is 7.80. The molecule has 2 nitrogen and oxygen atoms in total. The van der Waals surface area contributed by atoms with E-state index in [1.54, 1.807) is 0 Å². The zero-order chi connectivity index (χ0) is 20.2. The van der Waals surface area contributed by atoms with Gasteiger partial charge in [-0.25, -0.2) is 0 Å². The Morgan fingerprint density at radius 2 is 1.00 bits per heavy atom. The van der Waals surface area contributed by atoms with Gasteiger partial charge in [0, 0.05) is 33.1 Å². The largest absolute Gasteiger partial charge is 0.398 e. The summed E-state index contributed by atoms with van der Waals surface area (Å²) < 4.78 is 0. The maximum Gasteiger partial charge on any atom is 0.0480 e. The molecule has 6 rings (SSSR count). The van der Waals surface area contributed by atoms with E-state index in [1.807, 2.05) is 18.2 Å². The Balaban J connectivity index is 1.91. The third kappa shape index (κ3) is 2.25. The van der Waals surface area contributed by atoms with Gasteiger partial charge in [0.05, 0.1) is 0 Å². The van der Waals surface area contributed by atoms with Crippen molar-refractivity contribution in [1.82, 2.24) is 0 Å². The molecule has 2 heteroatoms. The minimum atomic E-state index is 0.795. The van der Waals surface area contributed by atoms with Crippen molar-refractivity contribution in [1.29, 1.82) is 0 Å². The molecule has 0 fully saturated rings. The van der Waals surface area contributed by atoms with Crippen LogP contribution in [0.25, 0.3) is 54.6 Å². The fraction of sp³-hybridized carbons (Fsp3) is 0. The molecule has 0 aliphatic carbocycles. The fourth-order valence-electron chi connectivity index (χ4n) is 4.82. The van der Waals surface area contributed by atoms with Crippen molar-refractivity contribution in [3.63, 3.8) is 0 Å². The summed E-state index contributed by atoms with van der Waals surface area (Å²) >= 11 is 0. The fourth-order valence-corrected chi connectivity index (χ4v) is 4.82. The zero-order valence-electron chi connectivity index (χ0n) is 16.4. The Kier molecular flexibility index (Phi) is 3.50. The molecule has 6 aromatic carbocycles. The summed E-state index contributed by atoms with van der Waals surface area (Å²) in [4.78, 5) is 0. The van der Waals surface area contributed by atoms with Gasteiger partial charge in [-0.3, -0.25) is 0 Å². The van der Waals surface area contributed by atoms with Gasteiger partial charge in [-0.15, -0.1) is 0 Å². The molecule has 0 bridgehead atoms. The molecule has 30 heavy (non-hydrogen) atoms. The second-order valence-corrected chi connectivity index (χ2v) is 7.80. The SMILES string of the molecule is Nc1ccc2ccc3c(-c4ccccc4)c(-c4ccccc4)c(N)c4ccc1c2c43. The van der Waals surface area contributed by atoms with Crippen LogP contribution in [0.4, 0.5) is 11.4 Å². The monoisotopic (exact) mass is 384 g/mol. The molecule has 0 amide bonds. The molecule has 0 aromatic heterocycles. The number of benzene rings is 6. The lowest BCUT2D eigenvalue weighted by Crippen LogP contribution is -1.99. The van der Waals surface area contributed by atoms with E-state index in [0.717, 1.165) is 38.8 Å². The number of anilines is 2. The summed E-state index contributed by atoms with van der Waals surface area (Å²) in [5.41, 5.74) is 19.4. The summed E-state index contributed by atoms with van der Waals surface area (Å²) in [6.45, 7) is 0. The Morgan fingerprint density at radius 1 is 0.433 bits per heavy atom. The summed E-state index contributed by atoms with van der Waals surface area (Å²) in [7, 11) is 0. The normalized spacial score (nSPS) is 11.6. The average Bonchev–Trinajstić information content (AvgIpc) is 2.80. The zero-order valence-corrected chi connectivity index (χ0v) is 16.4. The third-order valence-electron chi connectivity index (χ3n) is 6.15. The first-order valence-corrected chi connectivity index (χ1v) is 10.1. The Bertz CT molecular complexity index is 1530. The van der Waals surface area contributed by atoms with E-state index in [9.17, 15) is 0 Å². The van der Waals surface area contributed by atoms with Crippen molar-refractivity contribution in [3.05, 3.63) is 97.1 Å². The maximum absolute atomic E-state index is 6.91. The van der Waals surface area contributed by atoms with Crippen LogP contribution in [0.2, 0.25) is 0 Å². The van der Waals surface area contributed by atoms with E-state index in [1.165, 1.54) is 27.1 Å². The summed E-state index contributed by atoms with van der Waals surface area (Å²) in [5.74, 6) is 0. The molecule has 6 aromatic rings. The topological polar surface area (TPSA) is 52.0 Å². The highest BCUT2D eigenvalue weighted by atomic mass is 14.6. The number of hydrogen-bond donors (Lipinski definition) is 2. The maximum atomic E-state index is 6.91. The minimum Gasteiger partial charge on any atom is -0.398 e. The van der Waals surface area contributed by atoms with Gasteiger partial charge in [-0.1, -0.05) is 91.0 Å². The molecule has 0 aliphatic rings. The third-order valence-corrected chi connectivity index (χ3v) is 6.15. The van der Waals surface area contributed by atoms with Gasteiger partial charge in [0.25, 0.3) is 0 Å². The highest BCUT2D eigenvalue weighted by Gasteiger charge is 2.21. The van der Waals surface area contributed by atoms with Gasteiger partial charge in [0.15, 0.2) is 0 Å². The lowest BCUT2D eigenvalue weighted by molar-refractivity contribution is 1.61. The summed E-state index contributed by atoms with van der Waals surface area (Å²) in [6.07, 6.45) is 0. The van der Waals surface area contributed by atoms with Crippen LogP contribution in [0.1, 0.15) is 0 Å². The highest BCUT2D eigenvalue weighted by Crippen LogP contribution is 2.48. The van der Waals surface area contributed by atoms with Crippen molar-refractivity contribution in [3.8, 4) is 22.3 Å². The van der Waals surface area contributed by atoms with Crippen LogP contribution in [0, 0.1) is 0 Å². The van der Waals surface area contributed by atoms with E-state index in [0.29, 0.717) is 0 Å². The molecule has 142 valence electrons. The summed E-state index contributed by atoms with van der Waals surface area (Å²) in [5, 5.41) is 6.92. The molecule has 0 atom stereocenters. The van der Waals surface area contributed by atoms with Gasteiger partial charge in [-0.05, 0) is 38.9 Å². The van der Waals surface area contributed by atoms with Crippen LogP contribution in [-0.4, -0.2) is 0 Å². The van der Waals surface area contributed by atoms with E-state index < -0.39 is 0 Å². The number of rotatable bonds is 2. The smallest absolute Gasteiger partial charge is 0.0480 e. The van der Waals surface area contributed by atoms with Gasteiger partial charge < -0.3 is 11.5 Å². The molecule has 0 radical (unpaired) electrons. The Hall–Kier alpha value is -4.04. The molecule has 0 spiro atoms. The lowest BCUT2D eigenvalue weighted by Gasteiger charge is -2.21. The molecular weight excluding hydrogens is 364 g/mol. The first-order chi connectivity index (χ1) is 14.7. The van der Waals surface area contributed by atoms with Gasteiger partial charge in [-0.2, -0.15) is 0 Å². The van der Waals surface area contributed by atoms with Gasteiger partial charge >= 0.3 is 0 Å². The van der Waals surface area contributed by atoms with Crippen LogP contribution in [0.3, 0.4) is 0 Å². The number of hydrogen-bond acceptors (Lipinski definition) is 2. The molecule has 0 saturated heterocycles. The quantitative estimate of drug-likeness (QED) is 0.247. The average molecular weight is 384 g/mol. The highest BCUT2D eigenvalue weighted by molar-refractivity contribution is 6.31. The van der Waals surface area contributed by atoms with Crippen LogP contribution in [0.15, 0.2) is 97.1 Å². The Morgan fingerprint density at radius 3 is 1.70 bits per heavy atom. The van der Waals surface area contributed by atoms with Crippen molar-refractivity contribution in [2.24, 2.45) is 0 Å². The number of nitrogen functional groups attached to an aromatic ring is 2. The van der Waals surface area contributed by atoms with Crippen molar-refractivity contribution in [2.45, 2.75) is 0 Å². The van der Waals surface area contributed by atoms with Crippen LogP contribution >= 0.6 is 0 Å². The molecule has 0 unspecified atom stereocenters. The van der Waals surface area contributed by atoms with Gasteiger partial charge in [0.1, 0.15) is 0 Å². The first-order valence-electron chi connectivity index (χ1n) is 10.1. The standard InChI is InChI=1S/C28H20N2/c29-23-16-12-19-11-13-21-25(17-7-3-1-4-8-17)26(18-9-5-2-6-10-18)28(30)22-15-14-20(23)24(19)27(21)22/h1-16H,29-30H2. The second kappa shape index (κ2) is 6.23. The van der Waals surface area contributed by atoms with Crippen LogP contribution in [0.5, 0.6) is 0 Å². The van der Waals surface area contributed by atoms with Crippen LogP contribution < -0.4 is 11.5 Å². The predicted molar refractivity (Wildman–Crippen MR) is 130 cm³/mol. The van der Waals surface area contributed by atoms with E-state index in [4.69, 9.17) is 11.5 Å². The van der Waals surface area contributed by atoms with Crippen molar-refractivity contribution < 1.29 is 0 Å². The molecule has 0 aliphatic heterocycles. The Labute approximate surface area is 174 Å². The van der Waals surface area contributed by atoms with Crippen LogP contribution in [-0.2, 0) is 0 Å². The van der Waals surface area contributed by atoms with Gasteiger partial charge in [0.2, 0.25) is 0 Å². The molecule has 0 heterocycles. The molecule has 0 saturated carbocycles. The minimum absolute atomic E-state index is 0.795. The van der Waals surface area contributed by atoms with Crippen molar-refractivity contribution >= 4 is 43.7 Å². The van der Waals surface area contributed by atoms with Crippen molar-refractivity contribution in [2.75, 3.05) is 11.5 Å². The molecule has 4 N–H and O–H groups in total. The predicted octanol–water partition coefficient (Wildman–Crippen LogP) is 7.08. The van der Waals surface area contributed by atoms with E-state index >= 15 is 0 Å². The van der Waals surface area contributed by atoms with E-state index in [2.05, 4.69) is 78.9 Å². The first kappa shape index (κ1) is 16.9. The summed E-state index contributed by atoms with van der Waals surface area (Å²) in [6, 6.07) is 33.7. The van der Waals surface area contributed by atoms with E-state index in [-0.39, 0.29) is 0 Å². The molecular formula is C28H20N2. The number of nitrogens with two attached hydrogens (primary N) is 2.